The smallest absolute Gasteiger partial charge is 0.223 e. The van der Waals surface area contributed by atoms with Gasteiger partial charge >= 0.3 is 0 Å². The third-order valence-corrected chi connectivity index (χ3v) is 6.04. The first-order chi connectivity index (χ1) is 12.7. The number of hydrogen-bond donors (Lipinski definition) is 2. The van der Waals surface area contributed by atoms with E-state index in [2.05, 4.69) is 23.3 Å². The van der Waals surface area contributed by atoms with Crippen LogP contribution in [0.5, 0.6) is 0 Å². The van der Waals surface area contributed by atoms with E-state index in [0.29, 0.717) is 6.54 Å². The van der Waals surface area contributed by atoms with Crippen LogP contribution >= 0.6 is 11.3 Å². The third-order valence-electron chi connectivity index (χ3n) is 4.95. The number of benzene rings is 1. The fourth-order valence-corrected chi connectivity index (χ4v) is 4.52. The van der Waals surface area contributed by atoms with Gasteiger partial charge in [-0.3, -0.25) is 4.79 Å². The quantitative estimate of drug-likeness (QED) is 0.694. The zero-order valence-corrected chi connectivity index (χ0v) is 16.3. The van der Waals surface area contributed by atoms with Gasteiger partial charge in [-0.2, -0.15) is 0 Å². The number of nitrogens with two attached hydrogens (primary N) is 1. The van der Waals surface area contributed by atoms with Gasteiger partial charge in [0.2, 0.25) is 5.91 Å². The molecule has 26 heavy (non-hydrogen) atoms. The van der Waals surface area contributed by atoms with Gasteiger partial charge in [-0.15, -0.1) is 11.3 Å². The summed E-state index contributed by atoms with van der Waals surface area (Å²) in [6.07, 6.45) is 5.39. The molecule has 6 heteroatoms. The Labute approximate surface area is 159 Å². The fourth-order valence-electron chi connectivity index (χ4n) is 3.51. The van der Waals surface area contributed by atoms with Gasteiger partial charge in [-0.25, -0.2) is 4.98 Å². The number of rotatable bonds is 8. The highest BCUT2D eigenvalue weighted by molar-refractivity contribution is 7.18. The van der Waals surface area contributed by atoms with Crippen molar-refractivity contribution in [1.82, 2.24) is 10.3 Å². The van der Waals surface area contributed by atoms with Crippen LogP contribution in [0.25, 0.3) is 10.2 Å². The predicted octanol–water partition coefficient (Wildman–Crippen LogP) is 3.27. The van der Waals surface area contributed by atoms with Crippen LogP contribution in [0.4, 0.5) is 0 Å². The van der Waals surface area contributed by atoms with E-state index < -0.39 is 0 Å². The summed E-state index contributed by atoms with van der Waals surface area (Å²) in [5.74, 6) is 0.160. The first kappa shape index (κ1) is 19.3. The minimum absolute atomic E-state index is 0.0222. The molecule has 5 nitrogen and oxygen atoms in total. The van der Waals surface area contributed by atoms with Crippen molar-refractivity contribution in [2.45, 2.75) is 57.6 Å². The number of amides is 1. The van der Waals surface area contributed by atoms with Crippen LogP contribution in [0.2, 0.25) is 0 Å². The summed E-state index contributed by atoms with van der Waals surface area (Å²) in [6, 6.07) is 8.16. The van der Waals surface area contributed by atoms with Gasteiger partial charge < -0.3 is 15.8 Å². The summed E-state index contributed by atoms with van der Waals surface area (Å²) in [6.45, 7) is 3.54. The van der Waals surface area contributed by atoms with Crippen molar-refractivity contribution in [3.05, 3.63) is 29.3 Å². The molecule has 0 unspecified atom stereocenters. The van der Waals surface area contributed by atoms with Crippen molar-refractivity contribution in [3.63, 3.8) is 0 Å². The minimum atomic E-state index is -0.0335. The second-order valence-electron chi connectivity index (χ2n) is 7.05. The SMILES string of the molecule is CCCO[C@@H]1CC[C@H](C(=O)NCCCc2nc3ccccc3s2)C[C@H]1N. The van der Waals surface area contributed by atoms with Crippen molar-refractivity contribution in [1.29, 1.82) is 0 Å². The maximum atomic E-state index is 12.4. The highest BCUT2D eigenvalue weighted by atomic mass is 32.1. The van der Waals surface area contributed by atoms with E-state index >= 15 is 0 Å². The fraction of sp³-hybridized carbons (Fsp3) is 0.600. The lowest BCUT2D eigenvalue weighted by Crippen LogP contribution is -2.46. The van der Waals surface area contributed by atoms with E-state index in [4.69, 9.17) is 10.5 Å². The normalized spacial score (nSPS) is 23.2. The van der Waals surface area contributed by atoms with Crippen LogP contribution < -0.4 is 11.1 Å². The van der Waals surface area contributed by atoms with Crippen molar-refractivity contribution >= 4 is 27.5 Å². The number of nitrogens with zero attached hydrogens (tertiary/aromatic N) is 1. The Balaban J connectivity index is 1.37. The molecule has 3 N–H and O–H groups in total. The summed E-state index contributed by atoms with van der Waals surface area (Å²) in [5, 5.41) is 4.21. The van der Waals surface area contributed by atoms with Gasteiger partial charge in [0, 0.05) is 31.5 Å². The summed E-state index contributed by atoms with van der Waals surface area (Å²) in [4.78, 5) is 17.0. The lowest BCUT2D eigenvalue weighted by Gasteiger charge is -2.33. The number of para-hydroxylation sites is 1. The molecule has 0 spiro atoms. The molecule has 142 valence electrons. The van der Waals surface area contributed by atoms with E-state index in [9.17, 15) is 4.79 Å². The second-order valence-corrected chi connectivity index (χ2v) is 8.17. The summed E-state index contributed by atoms with van der Waals surface area (Å²) in [5.41, 5.74) is 7.27. The molecule has 0 saturated heterocycles. The average molecular weight is 376 g/mol. The van der Waals surface area contributed by atoms with Crippen LogP contribution in [0, 0.1) is 5.92 Å². The Hall–Kier alpha value is -1.50. The summed E-state index contributed by atoms with van der Waals surface area (Å²) >= 11 is 1.74. The molecular weight excluding hydrogens is 346 g/mol. The third kappa shape index (κ3) is 5.02. The molecule has 0 aliphatic heterocycles. The molecular formula is C20H29N3O2S. The largest absolute Gasteiger partial charge is 0.377 e. The van der Waals surface area contributed by atoms with E-state index in [1.54, 1.807) is 11.3 Å². The van der Waals surface area contributed by atoms with Gasteiger partial charge in [0.1, 0.15) is 0 Å². The number of aromatic nitrogens is 1. The first-order valence-corrected chi connectivity index (χ1v) is 10.5. The molecule has 1 saturated carbocycles. The Morgan fingerprint density at radius 2 is 2.23 bits per heavy atom. The number of aryl methyl sites for hydroxylation is 1. The topological polar surface area (TPSA) is 77.2 Å². The zero-order valence-electron chi connectivity index (χ0n) is 15.4. The lowest BCUT2D eigenvalue weighted by atomic mass is 9.83. The highest BCUT2D eigenvalue weighted by Gasteiger charge is 2.32. The lowest BCUT2D eigenvalue weighted by molar-refractivity contribution is -0.127. The molecule has 3 rings (SSSR count). The van der Waals surface area contributed by atoms with Crippen LogP contribution in [0.1, 0.15) is 44.0 Å². The number of ether oxygens (including phenoxy) is 1. The minimum Gasteiger partial charge on any atom is -0.377 e. The molecule has 1 fully saturated rings. The number of carbonyl (C=O) groups is 1. The molecule has 1 aliphatic rings. The van der Waals surface area contributed by atoms with Gasteiger partial charge in [0.05, 0.1) is 21.3 Å². The van der Waals surface area contributed by atoms with Gasteiger partial charge in [-0.1, -0.05) is 19.1 Å². The zero-order chi connectivity index (χ0) is 18.4. The maximum Gasteiger partial charge on any atom is 0.223 e. The molecule has 0 radical (unpaired) electrons. The first-order valence-electron chi connectivity index (χ1n) is 9.66. The van der Waals surface area contributed by atoms with Crippen LogP contribution in [0.15, 0.2) is 24.3 Å². The monoisotopic (exact) mass is 375 g/mol. The Bertz CT molecular complexity index is 685. The molecule has 1 amide bonds. The Kier molecular flexibility index (Phi) is 7.00. The van der Waals surface area contributed by atoms with E-state index in [0.717, 1.165) is 55.7 Å². The summed E-state index contributed by atoms with van der Waals surface area (Å²) < 4.78 is 7.01. The van der Waals surface area contributed by atoms with E-state index in [-0.39, 0.29) is 24.0 Å². The molecule has 0 bridgehead atoms. The van der Waals surface area contributed by atoms with Crippen molar-refractivity contribution in [2.75, 3.05) is 13.2 Å². The van der Waals surface area contributed by atoms with Crippen molar-refractivity contribution in [2.24, 2.45) is 11.7 Å². The Morgan fingerprint density at radius 3 is 3.00 bits per heavy atom. The molecule has 3 atom stereocenters. The number of fused-ring (bicyclic) bond motifs is 1. The second kappa shape index (κ2) is 9.44. The standard InChI is InChI=1S/C20H29N3O2S/c1-2-12-25-17-10-9-14(13-15(17)21)20(24)22-11-5-8-19-23-16-6-3-4-7-18(16)26-19/h3-4,6-7,14-15,17H,2,5,8-13,21H2,1H3,(H,22,24)/t14-,15+,17+/m0/s1. The van der Waals surface area contributed by atoms with Crippen molar-refractivity contribution in [3.8, 4) is 0 Å². The van der Waals surface area contributed by atoms with E-state index in [1.165, 1.54) is 4.70 Å². The molecule has 1 aliphatic carbocycles. The highest BCUT2D eigenvalue weighted by Crippen LogP contribution is 2.26. The Morgan fingerprint density at radius 1 is 1.38 bits per heavy atom. The maximum absolute atomic E-state index is 12.4. The van der Waals surface area contributed by atoms with E-state index in [1.807, 2.05) is 18.2 Å². The predicted molar refractivity (Wildman–Crippen MR) is 106 cm³/mol. The van der Waals surface area contributed by atoms with Gasteiger partial charge in [-0.05, 0) is 44.2 Å². The average Bonchev–Trinajstić information content (AvgIpc) is 3.07. The van der Waals surface area contributed by atoms with Crippen LogP contribution in [0.3, 0.4) is 0 Å². The van der Waals surface area contributed by atoms with Crippen molar-refractivity contribution < 1.29 is 9.53 Å². The number of nitrogens with one attached hydrogen (secondary N) is 1. The molecule has 2 aromatic rings. The van der Waals surface area contributed by atoms with Gasteiger partial charge in [0.25, 0.3) is 0 Å². The van der Waals surface area contributed by atoms with Crippen LogP contribution in [-0.2, 0) is 16.0 Å². The van der Waals surface area contributed by atoms with Gasteiger partial charge in [0.15, 0.2) is 0 Å². The molecule has 1 heterocycles. The number of hydrogen-bond acceptors (Lipinski definition) is 5. The number of thiazole rings is 1. The molecule has 1 aromatic carbocycles. The number of carbonyl (C=O) groups excluding carboxylic acids is 1. The van der Waals surface area contributed by atoms with Crippen LogP contribution in [-0.4, -0.2) is 36.2 Å². The summed E-state index contributed by atoms with van der Waals surface area (Å²) in [7, 11) is 0. The molecule has 1 aromatic heterocycles.